The van der Waals surface area contributed by atoms with Crippen molar-refractivity contribution in [1.82, 2.24) is 4.98 Å². The zero-order valence-electron chi connectivity index (χ0n) is 9.40. The molecule has 0 saturated carbocycles. The number of aromatic nitrogens is 1. The fourth-order valence-electron chi connectivity index (χ4n) is 1.60. The molecule has 0 amide bonds. The SMILES string of the molecule is FC(F)(F)c1nc(Cl)ccc1-c1ccc(Cl)c(Cl)c1Cl. The molecule has 0 spiro atoms. The summed E-state index contributed by atoms with van der Waals surface area (Å²) in [5.41, 5.74) is -1.27. The Morgan fingerprint density at radius 2 is 1.40 bits per heavy atom. The van der Waals surface area contributed by atoms with E-state index in [4.69, 9.17) is 46.4 Å². The van der Waals surface area contributed by atoms with Gasteiger partial charge in [0, 0.05) is 11.1 Å². The van der Waals surface area contributed by atoms with Crippen LogP contribution in [0.5, 0.6) is 0 Å². The van der Waals surface area contributed by atoms with Gasteiger partial charge < -0.3 is 0 Å². The summed E-state index contributed by atoms with van der Waals surface area (Å²) < 4.78 is 39.0. The van der Waals surface area contributed by atoms with Crippen molar-refractivity contribution in [2.45, 2.75) is 6.18 Å². The lowest BCUT2D eigenvalue weighted by atomic mass is 10.0. The van der Waals surface area contributed by atoms with E-state index < -0.39 is 11.9 Å². The number of benzene rings is 1. The van der Waals surface area contributed by atoms with Gasteiger partial charge in [0.05, 0.1) is 15.1 Å². The van der Waals surface area contributed by atoms with Crippen molar-refractivity contribution in [2.24, 2.45) is 0 Å². The van der Waals surface area contributed by atoms with E-state index in [-0.39, 0.29) is 31.3 Å². The maximum absolute atomic E-state index is 13.0. The van der Waals surface area contributed by atoms with Crippen LogP contribution in [-0.2, 0) is 6.18 Å². The smallest absolute Gasteiger partial charge is 0.231 e. The van der Waals surface area contributed by atoms with Gasteiger partial charge in [-0.05, 0) is 18.2 Å². The number of hydrogen-bond donors (Lipinski definition) is 0. The molecule has 0 aliphatic rings. The summed E-state index contributed by atoms with van der Waals surface area (Å²) in [5.74, 6) is 0. The Balaban J connectivity index is 2.74. The highest BCUT2D eigenvalue weighted by molar-refractivity contribution is 6.49. The zero-order valence-corrected chi connectivity index (χ0v) is 12.4. The van der Waals surface area contributed by atoms with Gasteiger partial charge in [-0.15, -0.1) is 0 Å². The lowest BCUT2D eigenvalue weighted by Crippen LogP contribution is -2.10. The fourth-order valence-corrected chi connectivity index (χ4v) is 2.39. The topological polar surface area (TPSA) is 12.9 Å². The molecule has 1 aromatic carbocycles. The van der Waals surface area contributed by atoms with Crippen LogP contribution in [-0.4, -0.2) is 4.98 Å². The molecule has 0 aliphatic heterocycles. The Morgan fingerprint density at radius 1 is 0.800 bits per heavy atom. The van der Waals surface area contributed by atoms with Crippen LogP contribution in [0.1, 0.15) is 5.69 Å². The first-order chi connectivity index (χ1) is 9.21. The number of halogens is 7. The van der Waals surface area contributed by atoms with Crippen molar-refractivity contribution >= 4 is 46.4 Å². The normalized spacial score (nSPS) is 11.8. The monoisotopic (exact) mass is 359 g/mol. The van der Waals surface area contributed by atoms with Crippen LogP contribution in [0.15, 0.2) is 24.3 Å². The summed E-state index contributed by atoms with van der Waals surface area (Å²) in [7, 11) is 0. The van der Waals surface area contributed by atoms with Crippen LogP contribution in [0.3, 0.4) is 0 Å². The van der Waals surface area contributed by atoms with Crippen molar-refractivity contribution < 1.29 is 13.2 Å². The molecule has 0 radical (unpaired) electrons. The Bertz CT molecular complexity index is 670. The second-order valence-corrected chi connectivity index (χ2v) is 5.30. The Hall–Kier alpha value is -0.680. The Labute approximate surface area is 132 Å². The van der Waals surface area contributed by atoms with Crippen molar-refractivity contribution in [3.05, 3.63) is 50.2 Å². The minimum atomic E-state index is -4.67. The second kappa shape index (κ2) is 5.60. The van der Waals surface area contributed by atoms with Crippen molar-refractivity contribution in [1.29, 1.82) is 0 Å². The number of pyridine rings is 1. The van der Waals surface area contributed by atoms with Gasteiger partial charge in [-0.25, -0.2) is 4.98 Å². The third kappa shape index (κ3) is 2.98. The largest absolute Gasteiger partial charge is 0.434 e. The first-order valence-electron chi connectivity index (χ1n) is 5.09. The van der Waals surface area contributed by atoms with E-state index in [0.717, 1.165) is 0 Å². The summed E-state index contributed by atoms with van der Waals surface area (Å²) in [6.45, 7) is 0. The standard InChI is InChI=1S/C12H4Cl4F3N/c13-7-3-1-5(9(15)10(7)16)6-2-4-8(14)20-11(6)12(17,18)19/h1-4H. The molecule has 8 heteroatoms. The molecule has 0 aliphatic carbocycles. The van der Waals surface area contributed by atoms with E-state index in [2.05, 4.69) is 4.98 Å². The molecule has 106 valence electrons. The quantitative estimate of drug-likeness (QED) is 0.424. The highest BCUT2D eigenvalue weighted by Gasteiger charge is 2.36. The minimum absolute atomic E-state index is 0.0195. The molecular weight excluding hydrogens is 357 g/mol. The first-order valence-corrected chi connectivity index (χ1v) is 6.60. The average Bonchev–Trinajstić information content (AvgIpc) is 2.36. The highest BCUT2D eigenvalue weighted by Crippen LogP contribution is 2.42. The van der Waals surface area contributed by atoms with Gasteiger partial charge in [0.15, 0.2) is 5.69 Å². The van der Waals surface area contributed by atoms with Gasteiger partial charge in [0.1, 0.15) is 5.15 Å². The van der Waals surface area contributed by atoms with Crippen LogP contribution in [0.25, 0.3) is 11.1 Å². The van der Waals surface area contributed by atoms with E-state index in [9.17, 15) is 13.2 Å². The van der Waals surface area contributed by atoms with E-state index in [0.29, 0.717) is 0 Å². The average molecular weight is 361 g/mol. The van der Waals surface area contributed by atoms with Crippen LogP contribution < -0.4 is 0 Å². The van der Waals surface area contributed by atoms with Gasteiger partial charge in [-0.1, -0.05) is 52.5 Å². The number of rotatable bonds is 1. The van der Waals surface area contributed by atoms with Crippen LogP contribution in [0.4, 0.5) is 13.2 Å². The molecule has 1 heterocycles. The third-order valence-electron chi connectivity index (χ3n) is 2.46. The number of hydrogen-bond acceptors (Lipinski definition) is 1. The molecule has 2 aromatic rings. The van der Waals surface area contributed by atoms with Gasteiger partial charge in [-0.3, -0.25) is 0 Å². The van der Waals surface area contributed by atoms with Crippen molar-refractivity contribution in [3.63, 3.8) is 0 Å². The van der Waals surface area contributed by atoms with Crippen molar-refractivity contribution in [2.75, 3.05) is 0 Å². The molecule has 0 saturated heterocycles. The Kier molecular flexibility index (Phi) is 4.40. The van der Waals surface area contributed by atoms with E-state index in [1.54, 1.807) is 0 Å². The summed E-state index contributed by atoms with van der Waals surface area (Å²) in [4.78, 5) is 3.32. The van der Waals surface area contributed by atoms with Gasteiger partial charge in [0.25, 0.3) is 0 Å². The molecule has 0 atom stereocenters. The van der Waals surface area contributed by atoms with E-state index in [1.807, 2.05) is 0 Å². The first kappa shape index (κ1) is 15.7. The molecule has 0 bridgehead atoms. The number of nitrogens with zero attached hydrogens (tertiary/aromatic N) is 1. The summed E-state index contributed by atoms with van der Waals surface area (Å²) >= 11 is 23.1. The van der Waals surface area contributed by atoms with Gasteiger partial charge in [0.2, 0.25) is 0 Å². The Morgan fingerprint density at radius 3 is 2.00 bits per heavy atom. The molecule has 0 unspecified atom stereocenters. The predicted octanol–water partition coefficient (Wildman–Crippen LogP) is 6.38. The second-order valence-electron chi connectivity index (χ2n) is 3.75. The lowest BCUT2D eigenvalue weighted by molar-refractivity contribution is -0.140. The maximum Gasteiger partial charge on any atom is 0.434 e. The van der Waals surface area contributed by atoms with E-state index >= 15 is 0 Å². The van der Waals surface area contributed by atoms with Crippen molar-refractivity contribution in [3.8, 4) is 11.1 Å². The highest BCUT2D eigenvalue weighted by atomic mass is 35.5. The maximum atomic E-state index is 13.0. The zero-order chi connectivity index (χ0) is 15.1. The predicted molar refractivity (Wildman–Crippen MR) is 74.7 cm³/mol. The molecule has 0 fully saturated rings. The molecular formula is C12H4Cl4F3N. The van der Waals surface area contributed by atoms with Gasteiger partial charge in [-0.2, -0.15) is 13.2 Å². The molecule has 1 aromatic heterocycles. The molecule has 1 nitrogen and oxygen atoms in total. The van der Waals surface area contributed by atoms with E-state index in [1.165, 1.54) is 24.3 Å². The van der Waals surface area contributed by atoms with Crippen LogP contribution in [0, 0.1) is 0 Å². The van der Waals surface area contributed by atoms with Crippen LogP contribution >= 0.6 is 46.4 Å². The van der Waals surface area contributed by atoms with Crippen LogP contribution in [0.2, 0.25) is 20.2 Å². The molecule has 20 heavy (non-hydrogen) atoms. The summed E-state index contributed by atoms with van der Waals surface area (Å²) in [6.07, 6.45) is -4.67. The third-order valence-corrected chi connectivity index (χ3v) is 3.96. The minimum Gasteiger partial charge on any atom is -0.231 e. The van der Waals surface area contributed by atoms with Gasteiger partial charge >= 0.3 is 6.18 Å². The lowest BCUT2D eigenvalue weighted by Gasteiger charge is -2.14. The number of alkyl halides is 3. The summed E-state index contributed by atoms with van der Waals surface area (Å²) in [5, 5.41) is -0.212. The summed E-state index contributed by atoms with van der Waals surface area (Å²) in [6, 6.07) is 5.13. The molecule has 2 rings (SSSR count). The fraction of sp³-hybridized carbons (Fsp3) is 0.0833. The molecule has 0 N–H and O–H groups in total.